The van der Waals surface area contributed by atoms with Crippen molar-refractivity contribution < 1.29 is 0 Å². The van der Waals surface area contributed by atoms with Gasteiger partial charge in [0.1, 0.15) is 18.0 Å². The maximum Gasteiger partial charge on any atom is 0.129 e. The Morgan fingerprint density at radius 3 is 2.67 bits per heavy atom. The van der Waals surface area contributed by atoms with Gasteiger partial charge in [-0.2, -0.15) is 0 Å². The van der Waals surface area contributed by atoms with Crippen LogP contribution >= 0.6 is 0 Å². The van der Waals surface area contributed by atoms with E-state index in [0.717, 1.165) is 46.0 Å². The lowest BCUT2D eigenvalue weighted by Crippen LogP contribution is -2.12. The van der Waals surface area contributed by atoms with E-state index in [-0.39, 0.29) is 5.92 Å². The van der Waals surface area contributed by atoms with Gasteiger partial charge in [0.25, 0.3) is 0 Å². The molecule has 0 bridgehead atoms. The molecule has 4 rings (SSSR count). The van der Waals surface area contributed by atoms with Crippen molar-refractivity contribution >= 4 is 16.9 Å². The summed E-state index contributed by atoms with van der Waals surface area (Å²) in [7, 11) is 0. The van der Waals surface area contributed by atoms with E-state index in [2.05, 4.69) is 42.1 Å². The molecule has 0 aliphatic carbocycles. The van der Waals surface area contributed by atoms with E-state index in [0.29, 0.717) is 0 Å². The van der Waals surface area contributed by atoms with Gasteiger partial charge in [0, 0.05) is 48.9 Å². The Labute approximate surface area is 157 Å². The SMILES string of the molecule is Cc1ncc(-c2cc(NC[C@@H](C)c3ccnc4cccnc34)ncn2)cn1. The van der Waals surface area contributed by atoms with Crippen molar-refractivity contribution in [1.29, 1.82) is 0 Å². The number of pyridine rings is 2. The summed E-state index contributed by atoms with van der Waals surface area (Å²) in [4.78, 5) is 25.9. The van der Waals surface area contributed by atoms with E-state index < -0.39 is 0 Å². The first kappa shape index (κ1) is 17.0. The Morgan fingerprint density at radius 2 is 1.81 bits per heavy atom. The fraction of sp³-hybridized carbons (Fsp3) is 0.200. The van der Waals surface area contributed by atoms with Crippen LogP contribution in [0.15, 0.2) is 55.4 Å². The molecule has 4 aromatic heterocycles. The molecule has 0 radical (unpaired) electrons. The number of anilines is 1. The van der Waals surface area contributed by atoms with E-state index >= 15 is 0 Å². The first-order valence-electron chi connectivity index (χ1n) is 8.75. The van der Waals surface area contributed by atoms with Crippen molar-refractivity contribution in [1.82, 2.24) is 29.9 Å². The van der Waals surface area contributed by atoms with Crippen LogP contribution in [0.4, 0.5) is 5.82 Å². The minimum absolute atomic E-state index is 0.242. The molecule has 0 aromatic carbocycles. The zero-order valence-electron chi connectivity index (χ0n) is 15.2. The van der Waals surface area contributed by atoms with Crippen molar-refractivity contribution in [2.24, 2.45) is 0 Å². The summed E-state index contributed by atoms with van der Waals surface area (Å²) in [5, 5.41) is 3.39. The molecule has 0 saturated heterocycles. The van der Waals surface area contributed by atoms with Crippen LogP contribution in [0.25, 0.3) is 22.3 Å². The van der Waals surface area contributed by atoms with Gasteiger partial charge >= 0.3 is 0 Å². The van der Waals surface area contributed by atoms with E-state index in [4.69, 9.17) is 0 Å². The number of aryl methyl sites for hydroxylation is 1. The molecule has 0 saturated carbocycles. The molecule has 1 N–H and O–H groups in total. The van der Waals surface area contributed by atoms with Crippen LogP contribution in [0.1, 0.15) is 24.2 Å². The Kier molecular flexibility index (Phi) is 4.65. The highest BCUT2D eigenvalue weighted by atomic mass is 15.0. The summed E-state index contributed by atoms with van der Waals surface area (Å²) in [6.07, 6.45) is 8.72. The van der Waals surface area contributed by atoms with Crippen LogP contribution in [-0.2, 0) is 0 Å². The molecule has 0 aliphatic heterocycles. The smallest absolute Gasteiger partial charge is 0.129 e. The number of nitrogens with one attached hydrogen (secondary N) is 1. The molecule has 7 nitrogen and oxygen atoms in total. The fourth-order valence-corrected chi connectivity index (χ4v) is 2.90. The third-order valence-electron chi connectivity index (χ3n) is 4.39. The zero-order valence-corrected chi connectivity index (χ0v) is 15.2. The monoisotopic (exact) mass is 357 g/mol. The summed E-state index contributed by atoms with van der Waals surface area (Å²) in [5.41, 5.74) is 4.66. The van der Waals surface area contributed by atoms with E-state index in [9.17, 15) is 0 Å². The summed E-state index contributed by atoms with van der Waals surface area (Å²) in [6.45, 7) is 4.73. The number of rotatable bonds is 5. The van der Waals surface area contributed by atoms with Gasteiger partial charge in [0.15, 0.2) is 0 Å². The molecule has 0 unspecified atom stereocenters. The normalized spacial score (nSPS) is 12.1. The Morgan fingerprint density at radius 1 is 0.963 bits per heavy atom. The Bertz CT molecular complexity index is 1060. The Hall–Kier alpha value is -3.48. The zero-order chi connectivity index (χ0) is 18.6. The van der Waals surface area contributed by atoms with Crippen molar-refractivity contribution in [3.8, 4) is 11.3 Å². The van der Waals surface area contributed by atoms with Gasteiger partial charge in [0.05, 0.1) is 16.7 Å². The first-order chi connectivity index (χ1) is 13.2. The maximum absolute atomic E-state index is 4.49. The van der Waals surface area contributed by atoms with Crippen LogP contribution in [0.3, 0.4) is 0 Å². The second-order valence-electron chi connectivity index (χ2n) is 6.36. The molecule has 0 aliphatic rings. The van der Waals surface area contributed by atoms with Crippen LogP contribution in [0.5, 0.6) is 0 Å². The molecule has 0 fully saturated rings. The van der Waals surface area contributed by atoms with Crippen LogP contribution < -0.4 is 5.32 Å². The first-order valence-corrected chi connectivity index (χ1v) is 8.75. The molecular weight excluding hydrogens is 338 g/mol. The summed E-state index contributed by atoms with van der Waals surface area (Å²) < 4.78 is 0. The number of nitrogens with zero attached hydrogens (tertiary/aromatic N) is 6. The van der Waals surface area contributed by atoms with Gasteiger partial charge in [-0.25, -0.2) is 19.9 Å². The summed E-state index contributed by atoms with van der Waals surface area (Å²) in [6, 6.07) is 7.81. The van der Waals surface area contributed by atoms with Gasteiger partial charge in [-0.05, 0) is 30.7 Å². The van der Waals surface area contributed by atoms with Gasteiger partial charge in [-0.3, -0.25) is 9.97 Å². The topological polar surface area (TPSA) is 89.4 Å². The van der Waals surface area contributed by atoms with Gasteiger partial charge < -0.3 is 5.32 Å². The number of fused-ring (bicyclic) bond motifs is 1. The number of hydrogen-bond donors (Lipinski definition) is 1. The molecular formula is C20H19N7. The number of hydrogen-bond acceptors (Lipinski definition) is 7. The molecule has 1 atom stereocenters. The predicted octanol–water partition coefficient (Wildman–Crippen LogP) is 3.40. The standard InChI is InChI=1S/C20H19N7/c1-13(16-5-7-21-17-4-3-6-22-20(16)17)9-25-19-8-18(26-12-27-19)15-10-23-14(2)24-11-15/h3-8,10-13H,9H2,1-2H3,(H,25,26,27)/t13-/m1/s1. The van der Waals surface area contributed by atoms with E-state index in [1.54, 1.807) is 24.9 Å². The van der Waals surface area contributed by atoms with Crippen molar-refractivity contribution in [3.63, 3.8) is 0 Å². The van der Waals surface area contributed by atoms with Crippen molar-refractivity contribution in [2.45, 2.75) is 19.8 Å². The molecule has 7 heteroatoms. The lowest BCUT2D eigenvalue weighted by Gasteiger charge is -2.15. The molecule has 134 valence electrons. The average Bonchev–Trinajstić information content (AvgIpc) is 2.72. The second kappa shape index (κ2) is 7.41. The lowest BCUT2D eigenvalue weighted by molar-refractivity contribution is 0.804. The minimum Gasteiger partial charge on any atom is -0.369 e. The molecule has 4 heterocycles. The van der Waals surface area contributed by atoms with Crippen LogP contribution in [-0.4, -0.2) is 36.4 Å². The molecule has 4 aromatic rings. The van der Waals surface area contributed by atoms with E-state index in [1.165, 1.54) is 0 Å². The fourth-order valence-electron chi connectivity index (χ4n) is 2.90. The molecule has 27 heavy (non-hydrogen) atoms. The van der Waals surface area contributed by atoms with Crippen molar-refractivity contribution in [3.05, 3.63) is 66.8 Å². The minimum atomic E-state index is 0.242. The largest absolute Gasteiger partial charge is 0.369 e. The van der Waals surface area contributed by atoms with Gasteiger partial charge in [-0.1, -0.05) is 6.92 Å². The lowest BCUT2D eigenvalue weighted by atomic mass is 10.0. The highest BCUT2D eigenvalue weighted by Gasteiger charge is 2.11. The quantitative estimate of drug-likeness (QED) is 0.585. The number of aromatic nitrogens is 6. The highest BCUT2D eigenvalue weighted by molar-refractivity contribution is 5.77. The third kappa shape index (κ3) is 3.72. The van der Waals surface area contributed by atoms with Gasteiger partial charge in [-0.15, -0.1) is 0 Å². The maximum atomic E-state index is 4.49. The summed E-state index contributed by atoms with van der Waals surface area (Å²) >= 11 is 0. The highest BCUT2D eigenvalue weighted by Crippen LogP contribution is 2.23. The van der Waals surface area contributed by atoms with Gasteiger partial charge in [0.2, 0.25) is 0 Å². The van der Waals surface area contributed by atoms with Crippen molar-refractivity contribution in [2.75, 3.05) is 11.9 Å². The van der Waals surface area contributed by atoms with Crippen LogP contribution in [0, 0.1) is 6.92 Å². The molecule has 0 amide bonds. The average molecular weight is 357 g/mol. The van der Waals surface area contributed by atoms with E-state index in [1.807, 2.05) is 37.4 Å². The third-order valence-corrected chi connectivity index (χ3v) is 4.39. The molecule has 0 spiro atoms. The predicted molar refractivity (Wildman–Crippen MR) is 104 cm³/mol. The Balaban J connectivity index is 1.51. The second-order valence-corrected chi connectivity index (χ2v) is 6.36. The summed E-state index contributed by atoms with van der Waals surface area (Å²) in [5.74, 6) is 1.74. The van der Waals surface area contributed by atoms with Crippen LogP contribution in [0.2, 0.25) is 0 Å².